The fraction of sp³-hybridized carbons (Fsp3) is 0.143. The Morgan fingerprint density at radius 2 is 1.03 bits per heavy atom. The Hall–Kier alpha value is -0.653. The Morgan fingerprint density at radius 3 is 1.27 bits per heavy atom. The first-order valence-corrected chi connectivity index (χ1v) is 21.2. The van der Waals surface area contributed by atoms with E-state index in [0.717, 1.165) is 3.72 Å². The van der Waals surface area contributed by atoms with Crippen molar-refractivity contribution in [2.24, 2.45) is 5.41 Å². The molecule has 1 nitrogen and oxygen atoms in total. The molecule has 0 saturated heterocycles. The molecule has 0 bridgehead atoms. The summed E-state index contributed by atoms with van der Waals surface area (Å²) in [6, 6.07) is 32.3. The van der Waals surface area contributed by atoms with Crippen LogP contribution < -0.4 is 15.9 Å². The van der Waals surface area contributed by atoms with Gasteiger partial charge in [0, 0.05) is 0 Å². The molecule has 197 valence electrons. The van der Waals surface area contributed by atoms with E-state index in [2.05, 4.69) is 109 Å². The molecule has 1 atom stereocenters. The Morgan fingerprint density at radius 1 is 0.703 bits per heavy atom. The number of halogens is 4. The third kappa shape index (κ3) is 13.3. The molecule has 0 heterocycles. The van der Waals surface area contributed by atoms with Crippen molar-refractivity contribution in [1.82, 2.24) is 0 Å². The first kappa shape index (κ1) is 32.6. The number of hydrogen-bond donors (Lipinski definition) is 0. The van der Waals surface area contributed by atoms with Gasteiger partial charge >= 0.3 is 92.2 Å². The van der Waals surface area contributed by atoms with E-state index in [1.807, 2.05) is 52.9 Å². The molecule has 1 fully saturated rings. The Bertz CT molecular complexity index is 944. The van der Waals surface area contributed by atoms with Gasteiger partial charge in [-0.1, -0.05) is 91.0 Å². The Balaban J connectivity index is 0.000000231. The van der Waals surface area contributed by atoms with Gasteiger partial charge in [0.25, 0.3) is 0 Å². The maximum atomic E-state index is 11.8. The van der Waals surface area contributed by atoms with Crippen LogP contribution in [-0.2, 0) is 19.9 Å². The van der Waals surface area contributed by atoms with Crippen LogP contribution in [0.25, 0.3) is 0 Å². The summed E-state index contributed by atoms with van der Waals surface area (Å²) in [6.45, 7) is 5.75. The molecule has 4 rings (SSSR count). The van der Waals surface area contributed by atoms with E-state index < -0.39 is 39.4 Å². The van der Waals surface area contributed by atoms with Crippen LogP contribution >= 0.6 is 30.2 Å². The zero-order valence-electron chi connectivity index (χ0n) is 20.9. The molecule has 0 amide bonds. The van der Waals surface area contributed by atoms with Gasteiger partial charge in [-0.05, 0) is 55.9 Å². The molecular weight excluding hydrogens is 748 g/mol. The first-order chi connectivity index (χ1) is 17.6. The molecule has 1 aliphatic rings. The van der Waals surface area contributed by atoms with Gasteiger partial charge in [-0.15, -0.1) is 0 Å². The van der Waals surface area contributed by atoms with Gasteiger partial charge in [0.05, 0.1) is 0 Å². The van der Waals surface area contributed by atoms with Crippen LogP contribution in [0.15, 0.2) is 91.0 Å². The van der Waals surface area contributed by atoms with Crippen LogP contribution in [0, 0.1) is 37.5 Å². The average Bonchev–Trinajstić information content (AvgIpc) is 3.46. The number of benzene rings is 3. The number of rotatable bonds is 6. The third-order valence-corrected chi connectivity index (χ3v) is 18.4. The standard InChI is InChI=1S/C18H15P.C5H11BF3OP.C5H5.BrH.Re/c1-4-10-16(11-5-1)19(17-12-6-2-7-13-17)18-14-8-3-9-15-18;1-5(2,3)4-11-10-6(7,8)9;1-2-4-5-3-1;;/h1-15H;11H2,1-3H3;1-5H;1H;/q;;;;+1/p-1. The van der Waals surface area contributed by atoms with E-state index >= 15 is 0 Å². The molecule has 3 aromatic carbocycles. The second-order valence-electron chi connectivity index (χ2n) is 8.74. The second kappa shape index (κ2) is 17.1. The molecule has 0 aromatic heterocycles. The van der Waals surface area contributed by atoms with E-state index in [1.54, 1.807) is 0 Å². The van der Waals surface area contributed by atoms with Gasteiger partial charge in [0.2, 0.25) is 0 Å². The summed E-state index contributed by atoms with van der Waals surface area (Å²) in [7, 11) is -6.56. The van der Waals surface area contributed by atoms with Crippen molar-refractivity contribution in [1.29, 1.82) is 0 Å². The van der Waals surface area contributed by atoms with Crippen LogP contribution in [0.5, 0.6) is 0 Å². The molecule has 0 aliphatic heterocycles. The molecule has 1 aliphatic carbocycles. The summed E-state index contributed by atoms with van der Waals surface area (Å²) in [4.78, 5) is 0. The summed E-state index contributed by atoms with van der Waals surface area (Å²) >= 11 is 2.51. The van der Waals surface area contributed by atoms with Crippen molar-refractivity contribution in [3.8, 4) is 0 Å². The van der Waals surface area contributed by atoms with Crippen LogP contribution in [0.4, 0.5) is 12.9 Å². The summed E-state index contributed by atoms with van der Waals surface area (Å²) in [6.07, 6.45) is 10.0. The quantitative estimate of drug-likeness (QED) is 0.184. The third-order valence-electron chi connectivity index (χ3n) is 4.72. The molecule has 1 unspecified atom stereocenters. The first-order valence-electron chi connectivity index (χ1n) is 11.6. The van der Waals surface area contributed by atoms with Gasteiger partial charge in [0.1, 0.15) is 0 Å². The van der Waals surface area contributed by atoms with E-state index in [-0.39, 0.29) is 5.41 Å². The van der Waals surface area contributed by atoms with Gasteiger partial charge in [-0.3, -0.25) is 0 Å². The fourth-order valence-corrected chi connectivity index (χ4v) is 13.0. The van der Waals surface area contributed by atoms with Crippen molar-refractivity contribution >= 4 is 57.0 Å². The van der Waals surface area contributed by atoms with Crippen LogP contribution in [-0.4, -0.2) is 10.9 Å². The van der Waals surface area contributed by atoms with Gasteiger partial charge in [-0.25, -0.2) is 0 Å². The molecule has 5 radical (unpaired) electrons. The minimum Gasteiger partial charge on any atom is -0.0622 e. The smallest absolute Gasteiger partial charge is 0.0134 e. The van der Waals surface area contributed by atoms with E-state index in [0.29, 0.717) is 0 Å². The van der Waals surface area contributed by atoms with Gasteiger partial charge in [-0.2, -0.15) is 0 Å². The van der Waals surface area contributed by atoms with Crippen molar-refractivity contribution in [3.63, 3.8) is 0 Å². The molecular formula is C28H31BBrF3OP2Re. The van der Waals surface area contributed by atoms with Crippen LogP contribution in [0.1, 0.15) is 20.8 Å². The maximum absolute atomic E-state index is 11.8. The SMILES string of the molecule is CC(C)(C)[C]([PH2+]O[B-](F)(F)F)=[Re][Br].[CH]1[CH][CH][CH][CH]1.c1ccc(P(c2ccccc2)c2ccccc2)cc1. The minimum atomic E-state index is -5.07. The number of hydrogen-bond acceptors (Lipinski definition) is 1. The fourth-order valence-electron chi connectivity index (χ4n) is 2.94. The Labute approximate surface area is 238 Å². The summed E-state index contributed by atoms with van der Waals surface area (Å²) in [5.41, 5.74) is -0.154. The summed E-state index contributed by atoms with van der Waals surface area (Å²) in [5.74, 6) is 0. The van der Waals surface area contributed by atoms with Gasteiger partial charge in [0.15, 0.2) is 0 Å². The van der Waals surface area contributed by atoms with E-state index in [9.17, 15) is 12.9 Å². The van der Waals surface area contributed by atoms with Crippen LogP contribution in [0.3, 0.4) is 0 Å². The maximum Gasteiger partial charge on any atom is -0.0134 e. The van der Waals surface area contributed by atoms with Crippen LogP contribution in [0.2, 0.25) is 0 Å². The monoisotopic (exact) mass is 779 g/mol. The normalized spacial score (nSPS) is 14.4. The topological polar surface area (TPSA) is 9.23 Å². The van der Waals surface area contributed by atoms with Crippen molar-refractivity contribution in [2.75, 3.05) is 0 Å². The minimum absolute atomic E-state index is 0.154. The molecule has 9 heteroatoms. The van der Waals surface area contributed by atoms with E-state index in [4.69, 9.17) is 0 Å². The molecule has 37 heavy (non-hydrogen) atoms. The van der Waals surface area contributed by atoms with E-state index in [1.165, 1.54) is 15.9 Å². The largest absolute Gasteiger partial charge is 0.0622 e. The van der Waals surface area contributed by atoms with Gasteiger partial charge < -0.3 is 0 Å². The second-order valence-corrected chi connectivity index (χ2v) is 18.0. The molecule has 0 N–H and O–H groups in total. The molecule has 3 aromatic rings. The zero-order valence-corrected chi connectivity index (χ0v) is 27.3. The Kier molecular flexibility index (Phi) is 15.1. The van der Waals surface area contributed by atoms with Crippen molar-refractivity contribution in [2.45, 2.75) is 20.8 Å². The predicted molar refractivity (Wildman–Crippen MR) is 160 cm³/mol. The summed E-state index contributed by atoms with van der Waals surface area (Å²) in [5, 5.41) is 4.19. The predicted octanol–water partition coefficient (Wildman–Crippen LogP) is 7.71. The summed E-state index contributed by atoms with van der Waals surface area (Å²) < 4.78 is 40.2. The van der Waals surface area contributed by atoms with Crippen molar-refractivity contribution in [3.05, 3.63) is 123 Å². The molecule has 0 spiro atoms. The molecule has 1 saturated carbocycles. The average molecular weight is 779 g/mol. The van der Waals surface area contributed by atoms with Crippen molar-refractivity contribution < 1.29 is 32.9 Å². The zero-order chi connectivity index (χ0) is 27.2.